The maximum absolute atomic E-state index is 12.8. The summed E-state index contributed by atoms with van der Waals surface area (Å²) in [6.07, 6.45) is 6.29. The normalized spacial score (nSPS) is 24.5. The minimum atomic E-state index is -0.158. The summed E-state index contributed by atoms with van der Waals surface area (Å²) in [5, 5.41) is 7.90. The Morgan fingerprint density at radius 1 is 1.22 bits per heavy atom. The SMILES string of the molecule is CC1CCC(NC(=O)C2CCN(C(=O)c3nn(PI)c(Br)c3Cl)CC2)CC1. The third-order valence-electron chi connectivity index (χ3n) is 5.57. The molecule has 1 saturated heterocycles. The van der Waals surface area contributed by atoms with Gasteiger partial charge in [-0.3, -0.25) is 9.59 Å². The first-order chi connectivity index (χ1) is 12.9. The van der Waals surface area contributed by atoms with E-state index >= 15 is 0 Å². The van der Waals surface area contributed by atoms with Crippen LogP contribution < -0.4 is 5.32 Å². The van der Waals surface area contributed by atoms with Gasteiger partial charge in [-0.2, -0.15) is 5.10 Å². The van der Waals surface area contributed by atoms with E-state index in [-0.39, 0.29) is 23.4 Å². The van der Waals surface area contributed by atoms with E-state index in [1.165, 1.54) is 12.8 Å². The van der Waals surface area contributed by atoms with Crippen molar-refractivity contribution in [2.45, 2.75) is 51.5 Å². The van der Waals surface area contributed by atoms with Gasteiger partial charge in [0.05, 0.1) is 6.37 Å². The lowest BCUT2D eigenvalue weighted by atomic mass is 9.86. The number of aromatic nitrogens is 2. The standard InChI is InChI=1S/C17H24BrClIN4O2P/c1-10-2-4-12(5-3-10)21-16(25)11-6-8-23(9-7-11)17(26)14-13(19)15(18)24(22-14)27-20/h10-12,27H,2-9H2,1H3,(H,21,25). The number of piperidine rings is 1. The first-order valence-corrected chi connectivity index (χ1v) is 14.5. The number of hydrogen-bond acceptors (Lipinski definition) is 3. The number of likely N-dealkylation sites (tertiary alicyclic amines) is 1. The summed E-state index contributed by atoms with van der Waals surface area (Å²) in [5.41, 5.74) is 0.284. The summed E-state index contributed by atoms with van der Waals surface area (Å²) >= 11 is 11.8. The van der Waals surface area contributed by atoms with E-state index in [1.54, 1.807) is 9.35 Å². The maximum atomic E-state index is 12.8. The largest absolute Gasteiger partial charge is 0.353 e. The highest BCUT2D eigenvalue weighted by Gasteiger charge is 2.32. The van der Waals surface area contributed by atoms with Gasteiger partial charge < -0.3 is 10.2 Å². The number of nitrogens with one attached hydrogen (secondary N) is 1. The van der Waals surface area contributed by atoms with E-state index in [2.05, 4.69) is 55.3 Å². The van der Waals surface area contributed by atoms with Gasteiger partial charge in [0, 0.05) is 25.0 Å². The number of halogens is 3. The van der Waals surface area contributed by atoms with E-state index in [0.29, 0.717) is 48.0 Å². The second kappa shape index (κ2) is 9.72. The Bertz CT molecular complexity index is 703. The van der Waals surface area contributed by atoms with Crippen molar-refractivity contribution < 1.29 is 9.59 Å². The molecule has 1 atom stereocenters. The van der Waals surface area contributed by atoms with Crippen LogP contribution in [0.3, 0.4) is 0 Å². The Morgan fingerprint density at radius 3 is 2.41 bits per heavy atom. The van der Waals surface area contributed by atoms with Gasteiger partial charge in [-0.1, -0.05) is 18.5 Å². The average molecular weight is 590 g/mol. The number of nitrogens with zero attached hydrogens (tertiary/aromatic N) is 3. The van der Waals surface area contributed by atoms with Gasteiger partial charge in [0.1, 0.15) is 9.63 Å². The van der Waals surface area contributed by atoms with Gasteiger partial charge in [-0.05, 0) is 82.4 Å². The van der Waals surface area contributed by atoms with Crippen LogP contribution in [0.2, 0.25) is 5.02 Å². The van der Waals surface area contributed by atoms with Gasteiger partial charge in [0.15, 0.2) is 5.69 Å². The quantitative estimate of drug-likeness (QED) is 0.411. The average Bonchev–Trinajstić information content (AvgIpc) is 2.97. The van der Waals surface area contributed by atoms with E-state index in [1.807, 2.05) is 0 Å². The molecule has 3 rings (SSSR count). The van der Waals surface area contributed by atoms with Gasteiger partial charge in [-0.25, -0.2) is 4.45 Å². The van der Waals surface area contributed by atoms with Crippen LogP contribution in [0.1, 0.15) is 55.9 Å². The highest BCUT2D eigenvalue weighted by Crippen LogP contribution is 2.35. The molecule has 2 heterocycles. The lowest BCUT2D eigenvalue weighted by Crippen LogP contribution is -2.46. The summed E-state index contributed by atoms with van der Waals surface area (Å²) in [4.78, 5) is 27.1. The monoisotopic (exact) mass is 588 g/mol. The lowest BCUT2D eigenvalue weighted by Gasteiger charge is -2.33. The number of amides is 2. The highest BCUT2D eigenvalue weighted by atomic mass is 127. The Labute approximate surface area is 188 Å². The number of carbonyl (C=O) groups is 2. The van der Waals surface area contributed by atoms with Crippen LogP contribution in [-0.4, -0.2) is 45.4 Å². The van der Waals surface area contributed by atoms with Crippen molar-refractivity contribution in [1.82, 2.24) is 19.8 Å². The summed E-state index contributed by atoms with van der Waals surface area (Å²) < 4.78 is 2.32. The molecule has 0 bridgehead atoms. The molecule has 6 nitrogen and oxygen atoms in total. The van der Waals surface area contributed by atoms with Crippen LogP contribution in [0.15, 0.2) is 4.60 Å². The molecule has 0 radical (unpaired) electrons. The third kappa shape index (κ3) is 5.17. The fourth-order valence-corrected chi connectivity index (χ4v) is 6.96. The van der Waals surface area contributed by atoms with Crippen LogP contribution in [-0.2, 0) is 4.79 Å². The minimum Gasteiger partial charge on any atom is -0.353 e. The summed E-state index contributed by atoms with van der Waals surface area (Å²) in [6, 6.07) is 0.322. The predicted octanol–water partition coefficient (Wildman–Crippen LogP) is 4.64. The smallest absolute Gasteiger partial charge is 0.275 e. The molecule has 1 aromatic rings. The van der Waals surface area contributed by atoms with Crippen molar-refractivity contribution in [2.24, 2.45) is 11.8 Å². The van der Waals surface area contributed by atoms with Crippen molar-refractivity contribution >= 4 is 67.8 Å². The van der Waals surface area contributed by atoms with Gasteiger partial charge in [-0.15, -0.1) is 0 Å². The lowest BCUT2D eigenvalue weighted by molar-refractivity contribution is -0.127. The third-order valence-corrected chi connectivity index (χ3v) is 9.07. The van der Waals surface area contributed by atoms with Crippen LogP contribution in [0.5, 0.6) is 0 Å². The maximum Gasteiger partial charge on any atom is 0.275 e. The van der Waals surface area contributed by atoms with Gasteiger partial charge in [0.2, 0.25) is 5.91 Å². The predicted molar refractivity (Wildman–Crippen MR) is 121 cm³/mol. The Morgan fingerprint density at radius 2 is 1.85 bits per heavy atom. The van der Waals surface area contributed by atoms with Crippen molar-refractivity contribution in [1.29, 1.82) is 0 Å². The molecule has 0 spiro atoms. The van der Waals surface area contributed by atoms with E-state index < -0.39 is 0 Å². The molecule has 1 N–H and O–H groups in total. The van der Waals surface area contributed by atoms with Crippen molar-refractivity contribution in [3.05, 3.63) is 15.3 Å². The second-order valence-electron chi connectivity index (χ2n) is 7.48. The number of hydrogen-bond donors (Lipinski definition) is 1. The molecule has 1 saturated carbocycles. The molecule has 0 aromatic carbocycles. The molecule has 1 aromatic heterocycles. The number of carbonyl (C=O) groups excluding carboxylic acids is 2. The van der Waals surface area contributed by atoms with E-state index in [4.69, 9.17) is 11.6 Å². The zero-order chi connectivity index (χ0) is 19.6. The highest BCUT2D eigenvalue weighted by molar-refractivity contribution is 14.2. The zero-order valence-corrected chi connectivity index (χ0v) is 20.7. The summed E-state index contributed by atoms with van der Waals surface area (Å²) in [5.74, 6) is 0.756. The molecule has 2 aliphatic rings. The molecule has 2 amide bonds. The zero-order valence-electron chi connectivity index (χ0n) is 15.2. The molecular weight excluding hydrogens is 565 g/mol. The molecular formula is C17H24BrClIN4O2P. The second-order valence-corrected chi connectivity index (χ2v) is 10.7. The first kappa shape index (κ1) is 21.8. The molecule has 1 aliphatic carbocycles. The van der Waals surface area contributed by atoms with Crippen molar-refractivity contribution in [3.8, 4) is 0 Å². The van der Waals surface area contributed by atoms with Gasteiger partial charge >= 0.3 is 0 Å². The van der Waals surface area contributed by atoms with Crippen molar-refractivity contribution in [3.63, 3.8) is 0 Å². The number of rotatable bonds is 4. The van der Waals surface area contributed by atoms with Crippen LogP contribution in [0.4, 0.5) is 0 Å². The summed E-state index contributed by atoms with van der Waals surface area (Å²) in [6.45, 7) is 3.40. The molecule has 27 heavy (non-hydrogen) atoms. The fourth-order valence-electron chi connectivity index (χ4n) is 3.79. The van der Waals surface area contributed by atoms with Crippen LogP contribution in [0, 0.1) is 11.8 Å². The van der Waals surface area contributed by atoms with Crippen molar-refractivity contribution in [2.75, 3.05) is 13.1 Å². The van der Waals surface area contributed by atoms with E-state index in [9.17, 15) is 9.59 Å². The Hall–Kier alpha value is 0.0800. The van der Waals surface area contributed by atoms with Crippen LogP contribution >= 0.6 is 55.9 Å². The van der Waals surface area contributed by atoms with E-state index in [0.717, 1.165) is 18.8 Å². The van der Waals surface area contributed by atoms with Gasteiger partial charge in [0.25, 0.3) is 5.91 Å². The molecule has 2 fully saturated rings. The molecule has 1 unspecified atom stereocenters. The topological polar surface area (TPSA) is 67.2 Å². The summed E-state index contributed by atoms with van der Waals surface area (Å²) in [7, 11) is 0. The fraction of sp³-hybridized carbons (Fsp3) is 0.706. The molecule has 150 valence electrons. The first-order valence-electron chi connectivity index (χ1n) is 9.31. The Balaban J connectivity index is 1.52. The van der Waals surface area contributed by atoms with Crippen LogP contribution in [0.25, 0.3) is 0 Å². The minimum absolute atomic E-state index is 0.0102. The molecule has 1 aliphatic heterocycles. The molecule has 10 heteroatoms. The Kier molecular flexibility index (Phi) is 7.84.